The van der Waals surface area contributed by atoms with Crippen molar-refractivity contribution in [1.82, 2.24) is 0 Å². The summed E-state index contributed by atoms with van der Waals surface area (Å²) in [5.41, 5.74) is 1.38. The van der Waals surface area contributed by atoms with Crippen LogP contribution in [0, 0.1) is 0 Å². The lowest BCUT2D eigenvalue weighted by atomic mass is 10.1. The van der Waals surface area contributed by atoms with Crippen LogP contribution in [0.1, 0.15) is 18.4 Å². The molecule has 0 atom stereocenters. The number of aryl methyl sites for hydroxylation is 1. The Labute approximate surface area is 115 Å². The molecule has 0 aromatic heterocycles. The van der Waals surface area contributed by atoms with Crippen LogP contribution < -0.4 is 0 Å². The lowest BCUT2D eigenvalue weighted by Crippen LogP contribution is -2.00. The SMILES string of the molecule is CS(=O)(=O)O.OCCOCCCCc1ccccc1. The molecule has 0 spiro atoms. The van der Waals surface area contributed by atoms with E-state index in [1.54, 1.807) is 0 Å². The van der Waals surface area contributed by atoms with Gasteiger partial charge in [0.25, 0.3) is 10.1 Å². The maximum atomic E-state index is 9.19. The fourth-order valence-corrected chi connectivity index (χ4v) is 1.34. The number of ether oxygens (including phenoxy) is 1. The van der Waals surface area contributed by atoms with Gasteiger partial charge < -0.3 is 9.84 Å². The number of aliphatic hydroxyl groups excluding tert-OH is 1. The molecular weight excluding hydrogens is 268 g/mol. The second-order valence-corrected chi connectivity index (χ2v) is 5.48. The van der Waals surface area contributed by atoms with Gasteiger partial charge in [0.15, 0.2) is 0 Å². The van der Waals surface area contributed by atoms with Crippen LogP contribution in [0.5, 0.6) is 0 Å². The standard InChI is InChI=1S/C12H18O2.CH4O3S/c13-9-11-14-10-5-4-8-12-6-2-1-3-7-12;1-5(2,3)4/h1-3,6-7,13H,4-5,8-11H2;1H3,(H,2,3,4). The Hall–Kier alpha value is -0.950. The molecule has 0 aliphatic heterocycles. The Morgan fingerprint density at radius 1 is 1.11 bits per heavy atom. The minimum Gasteiger partial charge on any atom is -0.394 e. The molecule has 2 N–H and O–H groups in total. The molecule has 6 heteroatoms. The minimum absolute atomic E-state index is 0.124. The van der Waals surface area contributed by atoms with Crippen molar-refractivity contribution in [3.05, 3.63) is 35.9 Å². The van der Waals surface area contributed by atoms with Gasteiger partial charge in [0, 0.05) is 6.61 Å². The lowest BCUT2D eigenvalue weighted by molar-refractivity contribution is 0.0899. The quantitative estimate of drug-likeness (QED) is 0.587. The summed E-state index contributed by atoms with van der Waals surface area (Å²) in [6.45, 7) is 1.34. The summed E-state index contributed by atoms with van der Waals surface area (Å²) in [7, 11) is -3.67. The molecule has 0 saturated heterocycles. The number of aliphatic hydroxyl groups is 1. The van der Waals surface area contributed by atoms with Crippen LogP contribution in [0.15, 0.2) is 30.3 Å². The monoisotopic (exact) mass is 290 g/mol. The van der Waals surface area contributed by atoms with Crippen molar-refractivity contribution >= 4 is 10.1 Å². The molecule has 0 bridgehead atoms. The number of unbranched alkanes of at least 4 members (excludes halogenated alkanes) is 1. The average molecular weight is 290 g/mol. The summed E-state index contributed by atoms with van der Waals surface area (Å²) in [4.78, 5) is 0. The number of hydrogen-bond acceptors (Lipinski definition) is 4. The third-order valence-corrected chi connectivity index (χ3v) is 2.08. The van der Waals surface area contributed by atoms with E-state index in [9.17, 15) is 8.42 Å². The molecule has 1 rings (SSSR count). The van der Waals surface area contributed by atoms with Crippen molar-refractivity contribution in [2.75, 3.05) is 26.1 Å². The highest BCUT2D eigenvalue weighted by atomic mass is 32.2. The van der Waals surface area contributed by atoms with E-state index in [0.29, 0.717) is 12.9 Å². The third kappa shape index (κ3) is 17.1. The Bertz CT molecular complexity index is 394. The molecule has 1 aromatic carbocycles. The molecule has 0 radical (unpaired) electrons. The van der Waals surface area contributed by atoms with Crippen molar-refractivity contribution < 1.29 is 22.8 Å². The van der Waals surface area contributed by atoms with Crippen LogP contribution in [-0.2, 0) is 21.3 Å². The maximum Gasteiger partial charge on any atom is 0.261 e. The van der Waals surface area contributed by atoms with E-state index in [1.165, 1.54) is 5.56 Å². The summed E-state index contributed by atoms with van der Waals surface area (Å²) >= 11 is 0. The van der Waals surface area contributed by atoms with Crippen molar-refractivity contribution in [3.8, 4) is 0 Å². The Morgan fingerprint density at radius 3 is 2.21 bits per heavy atom. The Morgan fingerprint density at radius 2 is 1.68 bits per heavy atom. The van der Waals surface area contributed by atoms with E-state index in [0.717, 1.165) is 25.9 Å². The van der Waals surface area contributed by atoms with Gasteiger partial charge >= 0.3 is 0 Å². The topological polar surface area (TPSA) is 83.8 Å². The molecule has 19 heavy (non-hydrogen) atoms. The summed E-state index contributed by atoms with van der Waals surface area (Å²) in [6.07, 6.45) is 4.04. The zero-order valence-corrected chi connectivity index (χ0v) is 12.0. The second-order valence-electron chi connectivity index (χ2n) is 4.01. The minimum atomic E-state index is -3.67. The van der Waals surface area contributed by atoms with Crippen LogP contribution in [0.25, 0.3) is 0 Å². The lowest BCUT2D eigenvalue weighted by Gasteiger charge is -2.02. The van der Waals surface area contributed by atoms with Gasteiger partial charge in [0.2, 0.25) is 0 Å². The molecule has 0 unspecified atom stereocenters. The van der Waals surface area contributed by atoms with E-state index < -0.39 is 10.1 Å². The van der Waals surface area contributed by atoms with Gasteiger partial charge in [-0.1, -0.05) is 30.3 Å². The number of benzene rings is 1. The highest BCUT2D eigenvalue weighted by Gasteiger charge is 1.92. The Balaban J connectivity index is 0.000000555. The highest BCUT2D eigenvalue weighted by Crippen LogP contribution is 2.04. The largest absolute Gasteiger partial charge is 0.394 e. The van der Waals surface area contributed by atoms with E-state index in [-0.39, 0.29) is 6.61 Å². The summed E-state index contributed by atoms with van der Waals surface area (Å²) in [5.74, 6) is 0. The van der Waals surface area contributed by atoms with Crippen LogP contribution in [-0.4, -0.2) is 44.2 Å². The summed E-state index contributed by atoms with van der Waals surface area (Å²) in [5, 5.41) is 8.48. The van der Waals surface area contributed by atoms with Crippen molar-refractivity contribution in [1.29, 1.82) is 0 Å². The van der Waals surface area contributed by atoms with Gasteiger partial charge in [-0.3, -0.25) is 4.55 Å². The molecule has 0 heterocycles. The summed E-state index contributed by atoms with van der Waals surface area (Å²) in [6, 6.07) is 10.5. The van der Waals surface area contributed by atoms with Gasteiger partial charge in [-0.2, -0.15) is 8.42 Å². The summed E-state index contributed by atoms with van der Waals surface area (Å²) < 4.78 is 31.0. The van der Waals surface area contributed by atoms with Gasteiger partial charge in [0.05, 0.1) is 19.5 Å². The average Bonchev–Trinajstić information content (AvgIpc) is 2.33. The van der Waals surface area contributed by atoms with E-state index in [2.05, 4.69) is 24.3 Å². The molecule has 0 aliphatic rings. The zero-order chi connectivity index (χ0) is 14.6. The molecule has 110 valence electrons. The number of rotatable bonds is 7. The normalized spacial score (nSPS) is 10.7. The van der Waals surface area contributed by atoms with Gasteiger partial charge in [-0.15, -0.1) is 0 Å². The smallest absolute Gasteiger partial charge is 0.261 e. The fourth-order valence-electron chi connectivity index (χ4n) is 1.34. The first kappa shape index (κ1) is 18.0. The van der Waals surface area contributed by atoms with Gasteiger partial charge in [-0.25, -0.2) is 0 Å². The first-order chi connectivity index (χ1) is 8.93. The predicted molar refractivity (Wildman–Crippen MR) is 74.8 cm³/mol. The molecule has 0 aliphatic carbocycles. The van der Waals surface area contributed by atoms with Gasteiger partial charge in [0.1, 0.15) is 0 Å². The zero-order valence-electron chi connectivity index (χ0n) is 11.2. The second kappa shape index (κ2) is 10.9. The first-order valence-electron chi connectivity index (χ1n) is 6.08. The third-order valence-electron chi connectivity index (χ3n) is 2.08. The molecular formula is C13H22O5S. The van der Waals surface area contributed by atoms with E-state index >= 15 is 0 Å². The molecule has 0 amide bonds. The maximum absolute atomic E-state index is 9.19. The Kier molecular flexibility index (Phi) is 10.4. The van der Waals surface area contributed by atoms with Crippen molar-refractivity contribution in [3.63, 3.8) is 0 Å². The van der Waals surface area contributed by atoms with Crippen molar-refractivity contribution in [2.45, 2.75) is 19.3 Å². The van der Waals surface area contributed by atoms with Crippen molar-refractivity contribution in [2.24, 2.45) is 0 Å². The van der Waals surface area contributed by atoms with Crippen LogP contribution in [0.3, 0.4) is 0 Å². The van der Waals surface area contributed by atoms with Crippen LogP contribution in [0.2, 0.25) is 0 Å². The predicted octanol–water partition coefficient (Wildman–Crippen LogP) is 1.52. The fraction of sp³-hybridized carbons (Fsp3) is 0.538. The highest BCUT2D eigenvalue weighted by molar-refractivity contribution is 7.85. The van der Waals surface area contributed by atoms with Gasteiger partial charge in [-0.05, 0) is 24.8 Å². The van der Waals surface area contributed by atoms with Crippen LogP contribution >= 0.6 is 0 Å². The molecule has 1 aromatic rings. The van der Waals surface area contributed by atoms with E-state index in [4.69, 9.17) is 14.4 Å². The first-order valence-corrected chi connectivity index (χ1v) is 7.93. The molecule has 0 saturated carbocycles. The van der Waals surface area contributed by atoms with Crippen LogP contribution in [0.4, 0.5) is 0 Å². The molecule has 5 nitrogen and oxygen atoms in total. The van der Waals surface area contributed by atoms with E-state index in [1.807, 2.05) is 6.07 Å². The number of hydrogen-bond donors (Lipinski definition) is 2. The molecule has 0 fully saturated rings.